The second-order valence-electron chi connectivity index (χ2n) is 6.37. The van der Waals surface area contributed by atoms with Crippen molar-refractivity contribution in [2.24, 2.45) is 0 Å². The van der Waals surface area contributed by atoms with Gasteiger partial charge in [-0.15, -0.1) is 0 Å². The van der Waals surface area contributed by atoms with Crippen molar-refractivity contribution in [1.29, 1.82) is 0 Å². The van der Waals surface area contributed by atoms with E-state index in [1.807, 2.05) is 49.4 Å². The molecule has 3 rings (SSSR count). The van der Waals surface area contributed by atoms with Crippen LogP contribution in [-0.4, -0.2) is 25.0 Å². The van der Waals surface area contributed by atoms with Crippen LogP contribution >= 0.6 is 0 Å². The lowest BCUT2D eigenvalue weighted by atomic mass is 10.2. The van der Waals surface area contributed by atoms with Crippen molar-refractivity contribution in [3.05, 3.63) is 84.4 Å². The lowest BCUT2D eigenvalue weighted by molar-refractivity contribution is -0.125. The number of hydrogen-bond donors (Lipinski definition) is 2. The Labute approximate surface area is 169 Å². The molecular weight excluding hydrogens is 368 g/mol. The van der Waals surface area contributed by atoms with Crippen LogP contribution in [0.2, 0.25) is 0 Å². The lowest BCUT2D eigenvalue weighted by Gasteiger charge is -2.09. The van der Waals surface area contributed by atoms with E-state index in [4.69, 9.17) is 9.47 Å². The molecule has 0 aliphatic carbocycles. The molecule has 0 heterocycles. The van der Waals surface area contributed by atoms with Crippen LogP contribution in [0, 0.1) is 6.92 Å². The molecule has 0 saturated heterocycles. The quantitative estimate of drug-likeness (QED) is 0.611. The molecule has 0 atom stereocenters. The molecule has 0 spiro atoms. The molecule has 2 amide bonds. The van der Waals surface area contributed by atoms with Crippen LogP contribution in [-0.2, 0) is 9.59 Å². The van der Waals surface area contributed by atoms with Gasteiger partial charge in [-0.3, -0.25) is 9.59 Å². The zero-order valence-electron chi connectivity index (χ0n) is 16.1. The highest BCUT2D eigenvalue weighted by Gasteiger charge is 2.07. The summed E-state index contributed by atoms with van der Waals surface area (Å²) in [4.78, 5) is 23.8. The average molecular weight is 390 g/mol. The van der Waals surface area contributed by atoms with E-state index in [1.165, 1.54) is 0 Å². The van der Waals surface area contributed by atoms with Crippen molar-refractivity contribution in [2.45, 2.75) is 6.92 Å². The van der Waals surface area contributed by atoms with Gasteiger partial charge in [0.15, 0.2) is 6.61 Å². The van der Waals surface area contributed by atoms with Crippen LogP contribution in [0.5, 0.6) is 17.2 Å². The minimum Gasteiger partial charge on any atom is -0.484 e. The summed E-state index contributed by atoms with van der Waals surface area (Å²) in [6, 6.07) is 23.8. The third kappa shape index (κ3) is 6.70. The van der Waals surface area contributed by atoms with Gasteiger partial charge >= 0.3 is 0 Å². The van der Waals surface area contributed by atoms with Crippen molar-refractivity contribution < 1.29 is 19.1 Å². The monoisotopic (exact) mass is 390 g/mol. The van der Waals surface area contributed by atoms with E-state index in [1.54, 1.807) is 36.4 Å². The maximum absolute atomic E-state index is 12.0. The molecule has 3 aromatic carbocycles. The number of ether oxygens (including phenoxy) is 2. The maximum atomic E-state index is 12.0. The first-order chi connectivity index (χ1) is 14.1. The number of anilines is 1. The molecule has 0 aliphatic heterocycles. The van der Waals surface area contributed by atoms with Crippen LogP contribution < -0.4 is 20.1 Å². The predicted octanol–water partition coefficient (Wildman–Crippen LogP) is 3.92. The highest BCUT2D eigenvalue weighted by Crippen LogP contribution is 2.22. The molecule has 6 nitrogen and oxygen atoms in total. The van der Waals surface area contributed by atoms with Crippen LogP contribution in [0.15, 0.2) is 78.9 Å². The number of rotatable bonds is 8. The minimum atomic E-state index is -0.368. The van der Waals surface area contributed by atoms with Crippen molar-refractivity contribution in [3.8, 4) is 17.2 Å². The second-order valence-corrected chi connectivity index (χ2v) is 6.37. The zero-order chi connectivity index (χ0) is 20.5. The number of amides is 2. The Morgan fingerprint density at radius 3 is 2.07 bits per heavy atom. The molecule has 2 N–H and O–H groups in total. The Bertz CT molecular complexity index is 939. The van der Waals surface area contributed by atoms with Gasteiger partial charge in [-0.1, -0.05) is 35.9 Å². The number of nitrogens with one attached hydrogen (secondary N) is 2. The fourth-order valence-electron chi connectivity index (χ4n) is 2.45. The Hall–Kier alpha value is -3.80. The number of carbonyl (C=O) groups excluding carboxylic acids is 2. The lowest BCUT2D eigenvalue weighted by Crippen LogP contribution is -2.35. The summed E-state index contributed by atoms with van der Waals surface area (Å²) in [5, 5.41) is 5.25. The molecule has 3 aromatic rings. The summed E-state index contributed by atoms with van der Waals surface area (Å²) in [6.07, 6.45) is 0. The summed E-state index contributed by atoms with van der Waals surface area (Å²) in [5.74, 6) is 1.31. The number of para-hydroxylation sites is 1. The van der Waals surface area contributed by atoms with Crippen LogP contribution in [0.1, 0.15) is 5.56 Å². The SMILES string of the molecule is Cc1ccc(OCC(=O)NCC(=O)Nc2ccc(Oc3ccccc3)cc2)cc1. The molecule has 0 radical (unpaired) electrons. The summed E-state index contributed by atoms with van der Waals surface area (Å²) < 4.78 is 11.1. The van der Waals surface area contributed by atoms with E-state index < -0.39 is 0 Å². The number of benzene rings is 3. The zero-order valence-corrected chi connectivity index (χ0v) is 16.1. The maximum Gasteiger partial charge on any atom is 0.258 e. The van der Waals surface area contributed by atoms with Crippen molar-refractivity contribution in [1.82, 2.24) is 5.32 Å². The third-order valence-corrected chi connectivity index (χ3v) is 3.95. The van der Waals surface area contributed by atoms with Crippen LogP contribution in [0.25, 0.3) is 0 Å². The van der Waals surface area contributed by atoms with Gasteiger partial charge in [0.1, 0.15) is 17.2 Å². The van der Waals surface area contributed by atoms with Gasteiger partial charge in [0.2, 0.25) is 5.91 Å². The third-order valence-electron chi connectivity index (χ3n) is 3.95. The van der Waals surface area contributed by atoms with Gasteiger partial charge < -0.3 is 20.1 Å². The molecule has 0 unspecified atom stereocenters. The topological polar surface area (TPSA) is 76.7 Å². The molecule has 0 bridgehead atoms. The first kappa shape index (κ1) is 19.9. The first-order valence-corrected chi connectivity index (χ1v) is 9.17. The number of aryl methyl sites for hydroxylation is 1. The van der Waals surface area contributed by atoms with Gasteiger partial charge in [-0.05, 0) is 55.5 Å². The summed E-state index contributed by atoms with van der Waals surface area (Å²) in [5.41, 5.74) is 1.72. The Morgan fingerprint density at radius 1 is 0.759 bits per heavy atom. The Balaban J connectivity index is 1.39. The van der Waals surface area contributed by atoms with E-state index >= 15 is 0 Å². The van der Waals surface area contributed by atoms with Gasteiger partial charge in [0.05, 0.1) is 6.54 Å². The molecule has 6 heteroatoms. The number of hydrogen-bond acceptors (Lipinski definition) is 4. The summed E-state index contributed by atoms with van der Waals surface area (Å²) >= 11 is 0. The Kier molecular flexibility index (Phi) is 6.84. The molecular formula is C23H22N2O4. The van der Waals surface area contributed by atoms with Crippen molar-refractivity contribution >= 4 is 17.5 Å². The molecule has 29 heavy (non-hydrogen) atoms. The van der Waals surface area contributed by atoms with Gasteiger partial charge in [0, 0.05) is 5.69 Å². The average Bonchev–Trinajstić information content (AvgIpc) is 2.74. The Morgan fingerprint density at radius 2 is 1.38 bits per heavy atom. The molecule has 0 aromatic heterocycles. The normalized spacial score (nSPS) is 10.1. The first-order valence-electron chi connectivity index (χ1n) is 9.17. The minimum absolute atomic E-state index is 0.141. The highest BCUT2D eigenvalue weighted by atomic mass is 16.5. The van der Waals surface area contributed by atoms with Crippen molar-refractivity contribution in [2.75, 3.05) is 18.5 Å². The summed E-state index contributed by atoms with van der Waals surface area (Å²) in [7, 11) is 0. The molecule has 0 aliphatic rings. The largest absolute Gasteiger partial charge is 0.484 e. The van der Waals surface area contributed by atoms with Gasteiger partial charge in [-0.2, -0.15) is 0 Å². The van der Waals surface area contributed by atoms with Crippen LogP contribution in [0.3, 0.4) is 0 Å². The second kappa shape index (κ2) is 9.94. The van der Waals surface area contributed by atoms with Gasteiger partial charge in [-0.25, -0.2) is 0 Å². The van der Waals surface area contributed by atoms with Crippen LogP contribution in [0.4, 0.5) is 5.69 Å². The fraction of sp³-hybridized carbons (Fsp3) is 0.130. The smallest absolute Gasteiger partial charge is 0.258 e. The fourth-order valence-corrected chi connectivity index (χ4v) is 2.45. The standard InChI is InChI=1S/C23H22N2O4/c1-17-7-11-19(12-8-17)28-16-23(27)24-15-22(26)25-18-9-13-21(14-10-18)29-20-5-3-2-4-6-20/h2-14H,15-16H2,1H3,(H,24,27)(H,25,26). The number of carbonyl (C=O) groups is 2. The van der Waals surface area contributed by atoms with Crippen molar-refractivity contribution in [3.63, 3.8) is 0 Å². The summed E-state index contributed by atoms with van der Waals surface area (Å²) in [6.45, 7) is 1.68. The van der Waals surface area contributed by atoms with E-state index in [9.17, 15) is 9.59 Å². The van der Waals surface area contributed by atoms with E-state index in [2.05, 4.69) is 10.6 Å². The predicted molar refractivity (Wildman–Crippen MR) is 111 cm³/mol. The van der Waals surface area contributed by atoms with E-state index in [0.717, 1.165) is 11.3 Å². The molecule has 0 fully saturated rings. The van der Waals surface area contributed by atoms with E-state index in [0.29, 0.717) is 17.2 Å². The highest BCUT2D eigenvalue weighted by molar-refractivity contribution is 5.94. The van der Waals surface area contributed by atoms with E-state index in [-0.39, 0.29) is 25.0 Å². The molecule has 148 valence electrons. The van der Waals surface area contributed by atoms with Gasteiger partial charge in [0.25, 0.3) is 5.91 Å². The molecule has 0 saturated carbocycles.